The zero-order valence-electron chi connectivity index (χ0n) is 16.2. The van der Waals surface area contributed by atoms with Gasteiger partial charge in [0, 0.05) is 47.7 Å². The number of aromatic hydroxyl groups is 1. The Morgan fingerprint density at radius 1 is 1.10 bits per heavy atom. The van der Waals surface area contributed by atoms with Crippen LogP contribution in [0.4, 0.5) is 4.39 Å². The number of amides is 1. The Balaban J connectivity index is 1.71. The van der Waals surface area contributed by atoms with Crippen LogP contribution in [0.25, 0.3) is 0 Å². The number of carbonyl (C=O) groups is 3. The number of halogens is 1. The highest BCUT2D eigenvalue weighted by molar-refractivity contribution is 6.24. The van der Waals surface area contributed by atoms with E-state index in [1.807, 2.05) is 0 Å². The molecule has 7 N–H and O–H groups in total. The van der Waals surface area contributed by atoms with E-state index in [-0.39, 0.29) is 65.9 Å². The maximum absolute atomic E-state index is 15.2. The van der Waals surface area contributed by atoms with E-state index in [9.17, 15) is 34.8 Å². The van der Waals surface area contributed by atoms with Crippen molar-refractivity contribution in [2.24, 2.45) is 17.6 Å². The molecule has 4 aliphatic rings. The standard InChI is InChI=1S/C21H19FN2O7/c22-15-8-2-6-1-7-3-11(25)14(20(23)30)19(29)21(7,31)18(28)12(6)17(27)13(8)16(26)10-5-24-4-9(10)15/h6-7,24-26,28,31H,1-5H2,(H2,23,30)/t6-,7+,21+/m1/s1. The summed E-state index contributed by atoms with van der Waals surface area (Å²) in [7, 11) is 0. The minimum Gasteiger partial charge on any atom is -0.511 e. The van der Waals surface area contributed by atoms with Crippen molar-refractivity contribution in [2.45, 2.75) is 38.0 Å². The third-order valence-corrected chi connectivity index (χ3v) is 6.98. The van der Waals surface area contributed by atoms with E-state index in [0.717, 1.165) is 0 Å². The van der Waals surface area contributed by atoms with Gasteiger partial charge in [0.15, 0.2) is 11.4 Å². The lowest BCUT2D eigenvalue weighted by atomic mass is 9.60. The van der Waals surface area contributed by atoms with Crippen molar-refractivity contribution in [1.82, 2.24) is 5.32 Å². The highest BCUT2D eigenvalue weighted by Gasteiger charge is 2.59. The van der Waals surface area contributed by atoms with Crippen molar-refractivity contribution in [3.05, 3.63) is 50.7 Å². The first-order valence-corrected chi connectivity index (χ1v) is 9.82. The summed E-state index contributed by atoms with van der Waals surface area (Å²) in [6.07, 6.45) is -0.392. The fourth-order valence-corrected chi connectivity index (χ4v) is 5.50. The lowest BCUT2D eigenvalue weighted by Crippen LogP contribution is -2.57. The maximum atomic E-state index is 15.2. The van der Waals surface area contributed by atoms with Crippen LogP contribution in [0.1, 0.15) is 39.9 Å². The summed E-state index contributed by atoms with van der Waals surface area (Å²) in [5, 5.41) is 45.8. The number of nitrogens with one attached hydrogen (secondary N) is 1. The van der Waals surface area contributed by atoms with Crippen molar-refractivity contribution >= 4 is 17.5 Å². The minimum atomic E-state index is -2.62. The Hall–Kier alpha value is -3.24. The van der Waals surface area contributed by atoms with Crippen LogP contribution < -0.4 is 11.1 Å². The fraction of sp³-hybridized carbons (Fsp3) is 0.381. The van der Waals surface area contributed by atoms with Crippen molar-refractivity contribution in [1.29, 1.82) is 0 Å². The maximum Gasteiger partial charge on any atom is 0.255 e. The monoisotopic (exact) mass is 430 g/mol. The molecule has 5 rings (SSSR count). The molecule has 1 amide bonds. The number of benzene rings is 1. The van der Waals surface area contributed by atoms with E-state index in [0.29, 0.717) is 0 Å². The molecule has 0 bridgehead atoms. The average molecular weight is 430 g/mol. The van der Waals surface area contributed by atoms with Crippen LogP contribution in [-0.2, 0) is 29.1 Å². The molecular formula is C21H19FN2O7. The number of carbonyl (C=O) groups excluding carboxylic acids is 3. The fourth-order valence-electron chi connectivity index (χ4n) is 5.50. The Kier molecular flexibility index (Phi) is 3.91. The van der Waals surface area contributed by atoms with E-state index in [1.165, 1.54) is 0 Å². The lowest BCUT2D eigenvalue weighted by molar-refractivity contribution is -0.144. The topological polar surface area (TPSA) is 170 Å². The second-order valence-corrected chi connectivity index (χ2v) is 8.49. The van der Waals surface area contributed by atoms with Gasteiger partial charge in [-0.1, -0.05) is 0 Å². The highest BCUT2D eigenvalue weighted by Crippen LogP contribution is 2.52. The van der Waals surface area contributed by atoms with Gasteiger partial charge in [0.1, 0.15) is 28.7 Å². The van der Waals surface area contributed by atoms with Crippen LogP contribution in [0.3, 0.4) is 0 Å². The number of hydrogen-bond donors (Lipinski definition) is 6. The summed E-state index contributed by atoms with van der Waals surface area (Å²) in [6.45, 7) is 0.379. The molecule has 0 aromatic heterocycles. The number of phenols is 1. The number of hydrogen-bond acceptors (Lipinski definition) is 8. The number of primary amides is 1. The largest absolute Gasteiger partial charge is 0.511 e. The minimum absolute atomic E-state index is 0.0247. The lowest BCUT2D eigenvalue weighted by Gasteiger charge is -2.45. The molecule has 1 aliphatic heterocycles. The van der Waals surface area contributed by atoms with Crippen molar-refractivity contribution < 1.29 is 39.2 Å². The van der Waals surface area contributed by atoms with E-state index in [4.69, 9.17) is 5.73 Å². The summed E-state index contributed by atoms with van der Waals surface area (Å²) < 4.78 is 15.2. The summed E-state index contributed by atoms with van der Waals surface area (Å²) in [5.74, 6) is -7.76. The predicted molar refractivity (Wildman–Crippen MR) is 101 cm³/mol. The number of aliphatic hydroxyl groups is 3. The Labute approximate surface area is 174 Å². The van der Waals surface area contributed by atoms with Crippen LogP contribution in [0.5, 0.6) is 5.75 Å². The van der Waals surface area contributed by atoms with Crippen LogP contribution in [0.2, 0.25) is 0 Å². The number of Topliss-reactive ketones (excluding diaryl/α,β-unsaturated/α-hetero) is 2. The van der Waals surface area contributed by atoms with Crippen LogP contribution >= 0.6 is 0 Å². The van der Waals surface area contributed by atoms with Gasteiger partial charge in [0.25, 0.3) is 5.91 Å². The smallest absolute Gasteiger partial charge is 0.255 e. The number of allylic oxidation sites excluding steroid dienone is 2. The SMILES string of the molecule is NC(=O)C1=C(O)C[C@@H]2C[C@@H]3Cc4c(F)c5c(c(O)c4C(=O)C3=C(O)[C@]2(O)C1=O)CNC5. The molecule has 31 heavy (non-hydrogen) atoms. The summed E-state index contributed by atoms with van der Waals surface area (Å²) in [6, 6.07) is 0. The number of fused-ring (bicyclic) bond motifs is 4. The van der Waals surface area contributed by atoms with Gasteiger partial charge in [-0.25, -0.2) is 4.39 Å². The van der Waals surface area contributed by atoms with Gasteiger partial charge in [-0.3, -0.25) is 14.4 Å². The van der Waals surface area contributed by atoms with Crippen molar-refractivity contribution in [2.75, 3.05) is 0 Å². The summed E-state index contributed by atoms with van der Waals surface area (Å²) in [4.78, 5) is 37.8. The molecule has 1 heterocycles. The molecule has 1 aromatic rings. The first-order valence-electron chi connectivity index (χ1n) is 9.82. The second-order valence-electron chi connectivity index (χ2n) is 8.49. The van der Waals surface area contributed by atoms with Gasteiger partial charge in [-0.2, -0.15) is 0 Å². The molecule has 10 heteroatoms. The number of aliphatic hydroxyl groups excluding tert-OH is 2. The van der Waals surface area contributed by atoms with Gasteiger partial charge < -0.3 is 31.5 Å². The third-order valence-electron chi connectivity index (χ3n) is 6.98. The number of nitrogens with two attached hydrogens (primary N) is 1. The molecule has 0 radical (unpaired) electrons. The Bertz CT molecular complexity index is 1180. The van der Waals surface area contributed by atoms with Crippen molar-refractivity contribution in [3.63, 3.8) is 0 Å². The molecule has 3 atom stereocenters. The summed E-state index contributed by atoms with van der Waals surface area (Å²) in [5.41, 5.74) is 1.67. The zero-order valence-corrected chi connectivity index (χ0v) is 16.2. The molecule has 0 saturated carbocycles. The summed E-state index contributed by atoms with van der Waals surface area (Å²) >= 11 is 0. The Morgan fingerprint density at radius 3 is 2.45 bits per heavy atom. The molecule has 0 unspecified atom stereocenters. The van der Waals surface area contributed by atoms with Gasteiger partial charge >= 0.3 is 0 Å². The molecule has 9 nitrogen and oxygen atoms in total. The van der Waals surface area contributed by atoms with E-state index in [2.05, 4.69) is 5.32 Å². The van der Waals surface area contributed by atoms with Gasteiger partial charge in [-0.15, -0.1) is 0 Å². The molecule has 3 aliphatic carbocycles. The predicted octanol–water partition coefficient (Wildman–Crippen LogP) is 0.323. The first-order chi connectivity index (χ1) is 14.6. The van der Waals surface area contributed by atoms with Crippen LogP contribution in [0, 0.1) is 17.7 Å². The highest BCUT2D eigenvalue weighted by atomic mass is 19.1. The number of rotatable bonds is 1. The normalized spacial score (nSPS) is 29.5. The average Bonchev–Trinajstić information content (AvgIpc) is 3.19. The van der Waals surface area contributed by atoms with Gasteiger partial charge in [-0.05, 0) is 18.8 Å². The first kappa shape index (κ1) is 19.7. The van der Waals surface area contributed by atoms with E-state index >= 15 is 4.39 Å². The van der Waals surface area contributed by atoms with Crippen molar-refractivity contribution in [3.8, 4) is 5.75 Å². The van der Waals surface area contributed by atoms with Crippen LogP contribution in [0.15, 0.2) is 22.7 Å². The van der Waals surface area contributed by atoms with Crippen LogP contribution in [-0.4, -0.2) is 43.5 Å². The Morgan fingerprint density at radius 2 is 1.77 bits per heavy atom. The third kappa shape index (κ3) is 2.28. The zero-order chi connectivity index (χ0) is 22.4. The van der Waals surface area contributed by atoms with E-state index < -0.39 is 57.8 Å². The quantitative estimate of drug-likeness (QED) is 0.346. The van der Waals surface area contributed by atoms with E-state index in [1.54, 1.807) is 0 Å². The molecule has 1 aromatic carbocycles. The molecular weight excluding hydrogens is 411 g/mol. The second kappa shape index (κ2) is 6.14. The molecule has 0 fully saturated rings. The molecule has 162 valence electrons. The number of phenolic OH excluding ortho intramolecular Hbond substituents is 1. The molecule has 0 spiro atoms. The van der Waals surface area contributed by atoms with Gasteiger partial charge in [0.2, 0.25) is 5.78 Å². The van der Waals surface area contributed by atoms with Gasteiger partial charge in [0.05, 0.1) is 5.56 Å². The number of ketones is 2. The molecule has 0 saturated heterocycles.